The predicted octanol–water partition coefficient (Wildman–Crippen LogP) is 6.29. The quantitative estimate of drug-likeness (QED) is 0.227. The SMILES string of the molecule is CCN(CC)CCCNC(=O)c1ccc(C(CC)(CC)c2ccc(C#CC(O)(CC)CC)c(C)c2)n1CC. The summed E-state index contributed by atoms with van der Waals surface area (Å²) in [6, 6.07) is 10.6. The summed E-state index contributed by atoms with van der Waals surface area (Å²) < 4.78 is 2.19. The second-order valence-electron chi connectivity index (χ2n) is 10.3. The monoisotopic (exact) mass is 521 g/mol. The van der Waals surface area contributed by atoms with Gasteiger partial charge in [-0.2, -0.15) is 0 Å². The van der Waals surface area contributed by atoms with Crippen molar-refractivity contribution in [2.24, 2.45) is 0 Å². The van der Waals surface area contributed by atoms with Crippen LogP contribution in [-0.2, 0) is 12.0 Å². The van der Waals surface area contributed by atoms with E-state index in [1.54, 1.807) is 0 Å². The minimum atomic E-state index is -0.938. The van der Waals surface area contributed by atoms with Gasteiger partial charge in [-0.25, -0.2) is 0 Å². The van der Waals surface area contributed by atoms with Crippen LogP contribution in [0.5, 0.6) is 0 Å². The molecule has 2 rings (SSSR count). The van der Waals surface area contributed by atoms with Crippen LogP contribution in [0.4, 0.5) is 0 Å². The van der Waals surface area contributed by atoms with Crippen LogP contribution < -0.4 is 5.32 Å². The van der Waals surface area contributed by atoms with Crippen molar-refractivity contribution in [1.29, 1.82) is 0 Å². The smallest absolute Gasteiger partial charge is 0.267 e. The molecule has 38 heavy (non-hydrogen) atoms. The third kappa shape index (κ3) is 7.10. The Morgan fingerprint density at radius 2 is 1.63 bits per heavy atom. The van der Waals surface area contributed by atoms with E-state index in [1.807, 2.05) is 19.9 Å². The van der Waals surface area contributed by atoms with Crippen molar-refractivity contribution in [2.45, 2.75) is 105 Å². The average molecular weight is 522 g/mol. The maximum atomic E-state index is 13.2. The van der Waals surface area contributed by atoms with Crippen molar-refractivity contribution in [3.63, 3.8) is 0 Å². The van der Waals surface area contributed by atoms with Crippen LogP contribution >= 0.6 is 0 Å². The fourth-order valence-electron chi connectivity index (χ4n) is 5.44. The normalized spacial score (nSPS) is 11.9. The highest BCUT2D eigenvalue weighted by molar-refractivity contribution is 5.93. The lowest BCUT2D eigenvalue weighted by Crippen LogP contribution is -2.33. The van der Waals surface area contributed by atoms with Gasteiger partial charge >= 0.3 is 0 Å². The van der Waals surface area contributed by atoms with Crippen molar-refractivity contribution >= 4 is 5.91 Å². The van der Waals surface area contributed by atoms with Gasteiger partial charge < -0.3 is 19.9 Å². The van der Waals surface area contributed by atoms with E-state index in [0.29, 0.717) is 19.4 Å². The highest BCUT2D eigenvalue weighted by Gasteiger charge is 2.35. The second-order valence-corrected chi connectivity index (χ2v) is 10.3. The minimum absolute atomic E-state index is 0.000101. The van der Waals surface area contributed by atoms with Gasteiger partial charge in [-0.1, -0.05) is 65.5 Å². The molecule has 0 radical (unpaired) electrons. The topological polar surface area (TPSA) is 57.5 Å². The van der Waals surface area contributed by atoms with E-state index in [9.17, 15) is 9.90 Å². The third-order valence-electron chi connectivity index (χ3n) is 8.44. The first kappa shape index (κ1) is 31.7. The Bertz CT molecular complexity index is 1090. The van der Waals surface area contributed by atoms with Crippen molar-refractivity contribution in [2.75, 3.05) is 26.2 Å². The summed E-state index contributed by atoms with van der Waals surface area (Å²) in [5, 5.41) is 13.7. The molecule has 210 valence electrons. The van der Waals surface area contributed by atoms with Gasteiger partial charge in [0.05, 0.1) is 0 Å². The predicted molar refractivity (Wildman–Crippen MR) is 160 cm³/mol. The van der Waals surface area contributed by atoms with Crippen molar-refractivity contribution in [1.82, 2.24) is 14.8 Å². The summed E-state index contributed by atoms with van der Waals surface area (Å²) in [7, 11) is 0. The number of aryl methyl sites for hydroxylation is 1. The molecule has 1 amide bonds. The van der Waals surface area contributed by atoms with E-state index in [2.05, 4.69) is 92.4 Å². The van der Waals surface area contributed by atoms with E-state index >= 15 is 0 Å². The van der Waals surface area contributed by atoms with E-state index in [1.165, 1.54) is 11.3 Å². The third-order valence-corrected chi connectivity index (χ3v) is 8.44. The maximum absolute atomic E-state index is 13.2. The van der Waals surface area contributed by atoms with Gasteiger partial charge in [0, 0.05) is 29.8 Å². The lowest BCUT2D eigenvalue weighted by molar-refractivity contribution is 0.0929. The van der Waals surface area contributed by atoms with Crippen LogP contribution in [0.25, 0.3) is 0 Å². The largest absolute Gasteiger partial charge is 0.378 e. The number of aliphatic hydroxyl groups is 1. The van der Waals surface area contributed by atoms with Gasteiger partial charge in [0.1, 0.15) is 11.3 Å². The molecular formula is C33H51N3O2. The number of hydrogen-bond acceptors (Lipinski definition) is 3. The van der Waals surface area contributed by atoms with Crippen LogP contribution in [0.15, 0.2) is 30.3 Å². The summed E-state index contributed by atoms with van der Waals surface area (Å²) in [5.74, 6) is 6.32. The molecule has 0 aliphatic heterocycles. The Balaban J connectivity index is 2.37. The molecule has 0 atom stereocenters. The summed E-state index contributed by atoms with van der Waals surface area (Å²) in [4.78, 5) is 15.6. The van der Waals surface area contributed by atoms with E-state index in [0.717, 1.165) is 62.3 Å². The van der Waals surface area contributed by atoms with Gasteiger partial charge in [-0.15, -0.1) is 0 Å². The fraction of sp³-hybridized carbons (Fsp3) is 0.606. The second kappa shape index (κ2) is 14.6. The van der Waals surface area contributed by atoms with Crippen LogP contribution in [0.3, 0.4) is 0 Å². The zero-order chi connectivity index (χ0) is 28.3. The van der Waals surface area contributed by atoms with E-state index < -0.39 is 5.60 Å². The first-order chi connectivity index (χ1) is 18.2. The van der Waals surface area contributed by atoms with E-state index in [4.69, 9.17) is 0 Å². The molecule has 0 fully saturated rings. The minimum Gasteiger partial charge on any atom is -0.378 e. The molecule has 0 aliphatic carbocycles. The molecule has 2 N–H and O–H groups in total. The number of carbonyl (C=O) groups excluding carboxylic acids is 1. The lowest BCUT2D eigenvalue weighted by atomic mass is 9.72. The van der Waals surface area contributed by atoms with Gasteiger partial charge in [0.2, 0.25) is 0 Å². The molecule has 5 nitrogen and oxygen atoms in total. The Morgan fingerprint density at radius 1 is 0.974 bits per heavy atom. The number of carbonyl (C=O) groups is 1. The molecule has 0 bridgehead atoms. The van der Waals surface area contributed by atoms with Gasteiger partial charge in [0.15, 0.2) is 0 Å². The van der Waals surface area contributed by atoms with Gasteiger partial charge in [-0.3, -0.25) is 4.79 Å². The first-order valence-corrected chi connectivity index (χ1v) is 14.8. The molecule has 0 aliphatic rings. The van der Waals surface area contributed by atoms with Crippen LogP contribution in [0, 0.1) is 18.8 Å². The number of nitrogens with zero attached hydrogens (tertiary/aromatic N) is 2. The van der Waals surface area contributed by atoms with Crippen molar-refractivity contribution < 1.29 is 9.90 Å². The highest BCUT2D eigenvalue weighted by Crippen LogP contribution is 2.40. The van der Waals surface area contributed by atoms with Gasteiger partial charge in [-0.05, 0) is 94.9 Å². The number of hydrogen-bond donors (Lipinski definition) is 2. The number of rotatable bonds is 14. The fourth-order valence-corrected chi connectivity index (χ4v) is 5.44. The molecule has 1 aromatic carbocycles. The standard InChI is InChI=1S/C33H51N3O2/c1-9-32(38,10-2)22-21-27-17-18-28(25-26(27)8)33(11-3,12-4)30-20-19-29(36(30)15-7)31(37)34-23-16-24-35(13-5)14-6/h17-20,25,38H,9-16,23-24H2,1-8H3,(H,34,37). The zero-order valence-corrected chi connectivity index (χ0v) is 25.2. The lowest BCUT2D eigenvalue weighted by Gasteiger charge is -2.34. The number of amides is 1. The summed E-state index contributed by atoms with van der Waals surface area (Å²) in [6.45, 7) is 21.4. The number of nitrogens with one attached hydrogen (secondary N) is 1. The molecular weight excluding hydrogens is 470 g/mol. The molecule has 0 saturated heterocycles. The highest BCUT2D eigenvalue weighted by atomic mass is 16.3. The summed E-state index contributed by atoms with van der Waals surface area (Å²) >= 11 is 0. The molecule has 5 heteroatoms. The van der Waals surface area contributed by atoms with Gasteiger partial charge in [0.25, 0.3) is 5.91 Å². The van der Waals surface area contributed by atoms with Crippen molar-refractivity contribution in [3.8, 4) is 11.8 Å². The molecule has 1 aromatic heterocycles. The Kier molecular flexibility index (Phi) is 12.1. The molecule has 0 saturated carbocycles. The Labute approximate surface area is 232 Å². The van der Waals surface area contributed by atoms with Crippen LogP contribution in [0.1, 0.15) is 113 Å². The Morgan fingerprint density at radius 3 is 2.16 bits per heavy atom. The number of benzene rings is 1. The maximum Gasteiger partial charge on any atom is 0.267 e. The number of aromatic nitrogens is 1. The van der Waals surface area contributed by atoms with Crippen molar-refractivity contribution in [3.05, 3.63) is 58.4 Å². The molecule has 1 heterocycles. The van der Waals surface area contributed by atoms with E-state index in [-0.39, 0.29) is 11.3 Å². The molecule has 2 aromatic rings. The Hall–Kier alpha value is -2.55. The first-order valence-electron chi connectivity index (χ1n) is 14.8. The average Bonchev–Trinajstić information content (AvgIpc) is 3.38. The molecule has 0 spiro atoms. The summed E-state index contributed by atoms with van der Waals surface area (Å²) in [5.41, 5.74) is 4.07. The van der Waals surface area contributed by atoms with Crippen LogP contribution in [0.2, 0.25) is 0 Å². The van der Waals surface area contributed by atoms with Crippen LogP contribution in [-0.4, -0.2) is 52.3 Å². The zero-order valence-electron chi connectivity index (χ0n) is 25.2. The summed E-state index contributed by atoms with van der Waals surface area (Å²) in [6.07, 6.45) is 4.02. The molecule has 0 unspecified atom stereocenters.